The first-order valence-corrected chi connectivity index (χ1v) is 8.12. The third kappa shape index (κ3) is 2.96. The number of carbonyl (C=O) groups excluding carboxylic acids is 2. The lowest BCUT2D eigenvalue weighted by molar-refractivity contribution is -0.117. The van der Waals surface area contributed by atoms with Gasteiger partial charge in [0.2, 0.25) is 5.91 Å². The number of aromatic nitrogens is 3. The van der Waals surface area contributed by atoms with Crippen LogP contribution in [0.4, 0.5) is 5.69 Å². The summed E-state index contributed by atoms with van der Waals surface area (Å²) in [5.74, 6) is 0.0117. The monoisotopic (exact) mass is 335 g/mol. The van der Waals surface area contributed by atoms with Crippen LogP contribution >= 0.6 is 0 Å². The van der Waals surface area contributed by atoms with Crippen molar-refractivity contribution in [2.24, 2.45) is 5.92 Å². The normalized spacial score (nSPS) is 13.6. The van der Waals surface area contributed by atoms with E-state index in [0.29, 0.717) is 11.3 Å². The molecule has 1 aliphatic carbocycles. The molecule has 0 bridgehead atoms. The van der Waals surface area contributed by atoms with Crippen LogP contribution in [0.3, 0.4) is 0 Å². The summed E-state index contributed by atoms with van der Waals surface area (Å²) in [7, 11) is 1.57. The van der Waals surface area contributed by atoms with Gasteiger partial charge in [-0.3, -0.25) is 14.0 Å². The zero-order valence-electron chi connectivity index (χ0n) is 13.7. The van der Waals surface area contributed by atoms with Crippen molar-refractivity contribution in [2.45, 2.75) is 12.8 Å². The number of benzene rings is 1. The number of carbonyl (C=O) groups is 2. The first-order valence-electron chi connectivity index (χ1n) is 8.12. The Morgan fingerprint density at radius 1 is 1.12 bits per heavy atom. The van der Waals surface area contributed by atoms with Gasteiger partial charge in [-0.15, -0.1) is 0 Å². The standard InChI is InChI=1S/C18H17N5O2/c1-19-18(25)14-10-23-15(8-21-16(23)9-20-14)11-4-6-13(7-5-11)22-17(24)12-2-3-12/h4-10,12H,2-3H2,1H3,(H,19,25)(H,22,24). The van der Waals surface area contributed by atoms with Crippen LogP contribution in [0.1, 0.15) is 23.3 Å². The Hall–Kier alpha value is -3.22. The van der Waals surface area contributed by atoms with Gasteiger partial charge in [0.25, 0.3) is 5.91 Å². The topological polar surface area (TPSA) is 88.4 Å². The van der Waals surface area contributed by atoms with E-state index in [-0.39, 0.29) is 17.7 Å². The van der Waals surface area contributed by atoms with Gasteiger partial charge >= 0.3 is 0 Å². The maximum absolute atomic E-state index is 11.8. The molecular formula is C18H17N5O2. The molecule has 1 aliphatic rings. The van der Waals surface area contributed by atoms with Crippen molar-refractivity contribution >= 4 is 23.1 Å². The van der Waals surface area contributed by atoms with E-state index < -0.39 is 0 Å². The number of hydrogen-bond acceptors (Lipinski definition) is 4. The molecule has 1 aromatic carbocycles. The molecule has 1 saturated carbocycles. The average Bonchev–Trinajstić information content (AvgIpc) is 3.41. The average molecular weight is 335 g/mol. The SMILES string of the molecule is CNC(=O)c1cn2c(-c3ccc(NC(=O)C4CC4)cc3)cnc2cn1. The second-order valence-corrected chi connectivity index (χ2v) is 6.06. The lowest BCUT2D eigenvalue weighted by Crippen LogP contribution is -2.19. The van der Waals surface area contributed by atoms with Crippen molar-refractivity contribution in [3.63, 3.8) is 0 Å². The number of nitrogens with zero attached hydrogens (tertiary/aromatic N) is 3. The highest BCUT2D eigenvalue weighted by Gasteiger charge is 2.29. The molecule has 7 nitrogen and oxygen atoms in total. The molecule has 2 N–H and O–H groups in total. The summed E-state index contributed by atoms with van der Waals surface area (Å²) in [4.78, 5) is 32.0. The van der Waals surface area contributed by atoms with Crippen molar-refractivity contribution < 1.29 is 9.59 Å². The van der Waals surface area contributed by atoms with Gasteiger partial charge in [-0.2, -0.15) is 0 Å². The summed E-state index contributed by atoms with van der Waals surface area (Å²) in [5.41, 5.74) is 3.55. The van der Waals surface area contributed by atoms with E-state index in [9.17, 15) is 9.59 Å². The van der Waals surface area contributed by atoms with Gasteiger partial charge in [0.15, 0.2) is 5.65 Å². The maximum atomic E-state index is 11.8. The smallest absolute Gasteiger partial charge is 0.271 e. The molecule has 0 radical (unpaired) electrons. The van der Waals surface area contributed by atoms with E-state index in [4.69, 9.17) is 0 Å². The molecule has 0 atom stereocenters. The summed E-state index contributed by atoms with van der Waals surface area (Å²) >= 11 is 0. The van der Waals surface area contributed by atoms with E-state index >= 15 is 0 Å². The Labute approximate surface area is 144 Å². The first-order chi connectivity index (χ1) is 12.2. The Kier molecular flexibility index (Phi) is 3.68. The van der Waals surface area contributed by atoms with Crippen molar-refractivity contribution in [3.8, 4) is 11.3 Å². The lowest BCUT2D eigenvalue weighted by Gasteiger charge is -2.07. The summed E-state index contributed by atoms with van der Waals surface area (Å²) in [6.07, 6.45) is 6.93. The van der Waals surface area contributed by atoms with E-state index in [1.807, 2.05) is 28.7 Å². The highest BCUT2D eigenvalue weighted by molar-refractivity contribution is 5.94. The molecule has 7 heteroatoms. The van der Waals surface area contributed by atoms with Crippen LogP contribution in [-0.4, -0.2) is 33.2 Å². The van der Waals surface area contributed by atoms with Gasteiger partial charge < -0.3 is 10.6 Å². The van der Waals surface area contributed by atoms with Gasteiger partial charge in [0.1, 0.15) is 5.69 Å². The number of nitrogens with one attached hydrogen (secondary N) is 2. The zero-order valence-corrected chi connectivity index (χ0v) is 13.7. The van der Waals surface area contributed by atoms with Crippen molar-refractivity contribution in [3.05, 3.63) is 48.5 Å². The van der Waals surface area contributed by atoms with Crippen LogP contribution in [0.5, 0.6) is 0 Å². The highest BCUT2D eigenvalue weighted by Crippen LogP contribution is 2.30. The Balaban J connectivity index is 1.64. The molecule has 2 amide bonds. The van der Waals surface area contributed by atoms with Gasteiger partial charge in [-0.25, -0.2) is 9.97 Å². The summed E-state index contributed by atoms with van der Waals surface area (Å²) in [6.45, 7) is 0. The Morgan fingerprint density at radius 2 is 1.88 bits per heavy atom. The Bertz CT molecular complexity index is 957. The van der Waals surface area contributed by atoms with Gasteiger partial charge in [-0.1, -0.05) is 12.1 Å². The molecule has 1 fully saturated rings. The minimum Gasteiger partial charge on any atom is -0.354 e. The largest absolute Gasteiger partial charge is 0.354 e. The predicted octanol–water partition coefficient (Wildman–Crippen LogP) is 2.10. The van der Waals surface area contributed by atoms with Crippen LogP contribution in [-0.2, 0) is 4.79 Å². The van der Waals surface area contributed by atoms with E-state index in [1.54, 1.807) is 25.6 Å². The van der Waals surface area contributed by atoms with Gasteiger partial charge in [0, 0.05) is 30.4 Å². The predicted molar refractivity (Wildman–Crippen MR) is 93.2 cm³/mol. The van der Waals surface area contributed by atoms with Crippen LogP contribution in [0.25, 0.3) is 16.9 Å². The number of amides is 2. The van der Waals surface area contributed by atoms with Crippen LogP contribution in [0.2, 0.25) is 0 Å². The van der Waals surface area contributed by atoms with Crippen LogP contribution in [0.15, 0.2) is 42.9 Å². The molecular weight excluding hydrogens is 318 g/mol. The molecule has 2 aromatic heterocycles. The molecule has 0 unspecified atom stereocenters. The fourth-order valence-electron chi connectivity index (χ4n) is 2.66. The second-order valence-electron chi connectivity index (χ2n) is 6.06. The van der Waals surface area contributed by atoms with E-state index in [0.717, 1.165) is 29.8 Å². The fraction of sp³-hybridized carbons (Fsp3) is 0.222. The van der Waals surface area contributed by atoms with Crippen LogP contribution < -0.4 is 10.6 Å². The summed E-state index contributed by atoms with van der Waals surface area (Å²) in [6, 6.07) is 7.59. The second kappa shape index (κ2) is 6.01. The molecule has 3 aromatic rings. The van der Waals surface area contributed by atoms with Crippen molar-refractivity contribution in [1.82, 2.24) is 19.7 Å². The minimum atomic E-state index is -0.250. The maximum Gasteiger partial charge on any atom is 0.271 e. The third-order valence-corrected chi connectivity index (χ3v) is 4.25. The number of imidazole rings is 1. The number of rotatable bonds is 4. The van der Waals surface area contributed by atoms with E-state index in [1.165, 1.54) is 0 Å². The zero-order chi connectivity index (χ0) is 17.4. The number of hydrogen-bond donors (Lipinski definition) is 2. The highest BCUT2D eigenvalue weighted by atomic mass is 16.2. The van der Waals surface area contributed by atoms with Gasteiger partial charge in [-0.05, 0) is 25.0 Å². The summed E-state index contributed by atoms with van der Waals surface area (Å²) in [5, 5.41) is 5.48. The van der Waals surface area contributed by atoms with Gasteiger partial charge in [0.05, 0.1) is 18.1 Å². The molecule has 25 heavy (non-hydrogen) atoms. The van der Waals surface area contributed by atoms with Crippen molar-refractivity contribution in [2.75, 3.05) is 12.4 Å². The fourth-order valence-corrected chi connectivity index (χ4v) is 2.66. The lowest BCUT2D eigenvalue weighted by atomic mass is 10.1. The minimum absolute atomic E-state index is 0.0869. The first kappa shape index (κ1) is 15.3. The van der Waals surface area contributed by atoms with Crippen LogP contribution in [0, 0.1) is 5.92 Å². The quantitative estimate of drug-likeness (QED) is 0.764. The number of fused-ring (bicyclic) bond motifs is 1. The number of anilines is 1. The van der Waals surface area contributed by atoms with Crippen molar-refractivity contribution in [1.29, 1.82) is 0 Å². The molecule has 126 valence electrons. The van der Waals surface area contributed by atoms with E-state index in [2.05, 4.69) is 20.6 Å². The summed E-state index contributed by atoms with van der Waals surface area (Å²) < 4.78 is 1.83. The third-order valence-electron chi connectivity index (χ3n) is 4.25. The molecule has 0 spiro atoms. The Morgan fingerprint density at radius 3 is 2.56 bits per heavy atom. The molecule has 4 rings (SSSR count). The molecule has 0 aliphatic heterocycles. The molecule has 2 heterocycles. The molecule has 0 saturated heterocycles.